The minimum atomic E-state index is -1.07. The largest absolute Gasteiger partial charge is 0.494 e. The summed E-state index contributed by atoms with van der Waals surface area (Å²) in [6.45, 7) is 8.35. The molecule has 15 heteroatoms. The van der Waals surface area contributed by atoms with E-state index >= 15 is 0 Å². The van der Waals surface area contributed by atoms with Crippen molar-refractivity contribution in [2.75, 3.05) is 69.8 Å². The van der Waals surface area contributed by atoms with Gasteiger partial charge >= 0.3 is 0 Å². The molecule has 12 nitrogen and oxygen atoms in total. The Labute approximate surface area is 308 Å². The van der Waals surface area contributed by atoms with Gasteiger partial charge in [-0.1, -0.05) is 0 Å². The maximum absolute atomic E-state index is 13.8. The molecular weight excluding hydrogens is 701 g/mol. The quantitative estimate of drug-likeness (QED) is 0.255. The first-order valence-corrected chi connectivity index (χ1v) is 17.5. The van der Waals surface area contributed by atoms with Gasteiger partial charge in [0, 0.05) is 87.5 Å². The Balaban J connectivity index is 0.000000167. The van der Waals surface area contributed by atoms with Crippen molar-refractivity contribution in [2.24, 2.45) is 0 Å². The van der Waals surface area contributed by atoms with Crippen LogP contribution >= 0.6 is 0 Å². The van der Waals surface area contributed by atoms with Gasteiger partial charge in [0.25, 0.3) is 11.1 Å². The van der Waals surface area contributed by atoms with Crippen molar-refractivity contribution in [3.8, 4) is 34.0 Å². The van der Waals surface area contributed by atoms with Gasteiger partial charge in [0.05, 0.1) is 37.0 Å². The number of fused-ring (bicyclic) bond motifs is 2. The first kappa shape index (κ1) is 36.4. The number of aromatic nitrogens is 4. The first-order chi connectivity index (χ1) is 26.1. The van der Waals surface area contributed by atoms with E-state index in [1.807, 2.05) is 24.4 Å². The average molecular weight is 741 g/mol. The molecule has 2 aliphatic heterocycles. The molecule has 2 fully saturated rings. The Hall–Kier alpha value is -5.93. The number of piperazine rings is 2. The molecule has 1 atom stereocenters. The third kappa shape index (κ3) is 7.59. The third-order valence-electron chi connectivity index (χ3n) is 9.46. The molecule has 0 amide bonds. The summed E-state index contributed by atoms with van der Waals surface area (Å²) in [6, 6.07) is 17.4. The minimum absolute atomic E-state index is 0.124. The van der Waals surface area contributed by atoms with E-state index in [0.717, 1.165) is 63.3 Å². The number of pyridine rings is 2. The summed E-state index contributed by atoms with van der Waals surface area (Å²) in [6.07, 6.45) is 3.59. The zero-order chi connectivity index (χ0) is 37.9. The van der Waals surface area contributed by atoms with Crippen LogP contribution in [0.3, 0.4) is 0 Å². The zero-order valence-electron chi connectivity index (χ0n) is 30.0. The summed E-state index contributed by atoms with van der Waals surface area (Å²) in [5, 5.41) is 6.70. The number of ether oxygens (including phenoxy) is 2. The van der Waals surface area contributed by atoms with Gasteiger partial charge in [-0.2, -0.15) is 4.39 Å². The summed E-state index contributed by atoms with van der Waals surface area (Å²) in [5.74, 6) is -2.69. The van der Waals surface area contributed by atoms with Gasteiger partial charge in [0.15, 0.2) is 23.1 Å². The van der Waals surface area contributed by atoms with Gasteiger partial charge in [-0.25, -0.2) is 18.7 Å². The number of methoxy groups -OCH3 is 2. The fourth-order valence-electron chi connectivity index (χ4n) is 6.62. The van der Waals surface area contributed by atoms with Crippen molar-refractivity contribution >= 4 is 22.7 Å². The van der Waals surface area contributed by atoms with E-state index in [4.69, 9.17) is 9.47 Å². The fourth-order valence-corrected chi connectivity index (χ4v) is 6.62. The van der Waals surface area contributed by atoms with E-state index in [1.54, 1.807) is 28.8 Å². The SMILES string of the molecule is COc1cc(-c2cc(=O)n3cc(N4CCNCC4)ccc3n2)ccc1F.COc1cc(-c2cc(=O)n3cc(N4CCN[C@@H](C)C4)ccc3n2)cc(F)c1F. The Bertz CT molecular complexity index is 2450. The molecule has 2 aliphatic rings. The number of hydrogen-bond acceptors (Lipinski definition) is 10. The highest BCUT2D eigenvalue weighted by Gasteiger charge is 2.18. The van der Waals surface area contributed by atoms with Crippen LogP contribution in [0.15, 0.2) is 88.7 Å². The van der Waals surface area contributed by atoms with Crippen molar-refractivity contribution in [1.82, 2.24) is 29.4 Å². The topological polar surface area (TPSA) is 118 Å². The Morgan fingerprint density at radius 3 is 1.85 bits per heavy atom. The minimum Gasteiger partial charge on any atom is -0.494 e. The molecular formula is C39H39F3N8O4. The van der Waals surface area contributed by atoms with Crippen LogP contribution in [0.25, 0.3) is 33.8 Å². The molecule has 2 saturated heterocycles. The van der Waals surface area contributed by atoms with Crippen LogP contribution in [0.4, 0.5) is 24.5 Å². The monoisotopic (exact) mass is 740 g/mol. The second-order valence-corrected chi connectivity index (χ2v) is 13.1. The number of anilines is 2. The molecule has 8 rings (SSSR count). The van der Waals surface area contributed by atoms with Gasteiger partial charge in [-0.15, -0.1) is 0 Å². The van der Waals surface area contributed by atoms with Crippen LogP contribution in [0.5, 0.6) is 11.5 Å². The van der Waals surface area contributed by atoms with Crippen LogP contribution in [0.1, 0.15) is 6.92 Å². The maximum Gasteiger partial charge on any atom is 0.258 e. The first-order valence-electron chi connectivity index (χ1n) is 17.5. The number of nitrogens with zero attached hydrogens (tertiary/aromatic N) is 6. The smallest absolute Gasteiger partial charge is 0.258 e. The Morgan fingerprint density at radius 1 is 0.667 bits per heavy atom. The van der Waals surface area contributed by atoms with Crippen LogP contribution in [0.2, 0.25) is 0 Å². The molecule has 0 bridgehead atoms. The van der Waals surface area contributed by atoms with E-state index in [0.29, 0.717) is 28.6 Å². The number of hydrogen-bond donors (Lipinski definition) is 2. The molecule has 6 heterocycles. The number of benzene rings is 2. The standard InChI is InChI=1S/C20H20F2N4O2.C19H19FN4O2/c1-12-10-25(6-5-23-12)14-3-4-18-24-16(9-19(27)26(18)11-14)13-7-15(21)20(22)17(8-13)28-2;1-26-17-10-13(2-4-15(17)20)16-11-19(25)24-12-14(3-5-18(24)22-16)23-8-6-21-7-9-23/h3-4,7-9,11-12,23H,5-6,10H2,1-2H3;2-5,10-12,21H,6-9H2,1H3/t12-;/m0./s1. The lowest BCUT2D eigenvalue weighted by Gasteiger charge is -2.33. The number of halogens is 3. The number of nitrogens with one attached hydrogen (secondary N) is 2. The molecule has 0 unspecified atom stereocenters. The normalized spacial score (nSPS) is 15.9. The Morgan fingerprint density at radius 2 is 1.24 bits per heavy atom. The highest BCUT2D eigenvalue weighted by molar-refractivity contribution is 5.66. The molecule has 2 N–H and O–H groups in total. The van der Waals surface area contributed by atoms with Gasteiger partial charge in [-0.05, 0) is 61.5 Å². The average Bonchev–Trinajstić information content (AvgIpc) is 3.19. The lowest BCUT2D eigenvalue weighted by molar-refractivity contribution is 0.372. The van der Waals surface area contributed by atoms with Crippen LogP contribution < -0.4 is 41.0 Å². The van der Waals surface area contributed by atoms with E-state index in [9.17, 15) is 22.8 Å². The summed E-state index contributed by atoms with van der Waals surface area (Å²) in [4.78, 5) is 38.7. The van der Waals surface area contributed by atoms with Crippen LogP contribution in [0, 0.1) is 17.5 Å². The molecule has 6 aromatic rings. The van der Waals surface area contributed by atoms with Crippen molar-refractivity contribution in [3.63, 3.8) is 0 Å². The zero-order valence-corrected chi connectivity index (χ0v) is 30.0. The van der Waals surface area contributed by atoms with Gasteiger partial charge in [0.2, 0.25) is 5.82 Å². The van der Waals surface area contributed by atoms with E-state index in [-0.39, 0.29) is 33.9 Å². The molecule has 0 aliphatic carbocycles. The second-order valence-electron chi connectivity index (χ2n) is 13.1. The Kier molecular flexibility index (Phi) is 10.5. The lowest BCUT2D eigenvalue weighted by atomic mass is 10.1. The second kappa shape index (κ2) is 15.6. The van der Waals surface area contributed by atoms with Gasteiger partial charge in [0.1, 0.15) is 11.3 Å². The van der Waals surface area contributed by atoms with Crippen LogP contribution in [-0.4, -0.2) is 84.8 Å². The van der Waals surface area contributed by atoms with Crippen LogP contribution in [-0.2, 0) is 0 Å². The van der Waals surface area contributed by atoms with Crippen molar-refractivity contribution < 1.29 is 22.6 Å². The van der Waals surface area contributed by atoms with E-state index in [1.165, 1.54) is 42.9 Å². The number of rotatable bonds is 6. The summed E-state index contributed by atoms with van der Waals surface area (Å²) in [7, 11) is 2.66. The third-order valence-corrected chi connectivity index (χ3v) is 9.46. The molecule has 0 saturated carbocycles. The van der Waals surface area contributed by atoms with Crippen molar-refractivity contribution in [3.05, 3.63) is 117 Å². The predicted molar refractivity (Wildman–Crippen MR) is 202 cm³/mol. The predicted octanol–water partition coefficient (Wildman–Crippen LogP) is 4.37. The lowest BCUT2D eigenvalue weighted by Crippen LogP contribution is -2.49. The van der Waals surface area contributed by atoms with Crippen molar-refractivity contribution in [1.29, 1.82) is 0 Å². The summed E-state index contributed by atoms with van der Waals surface area (Å²) in [5.41, 5.74) is 4.09. The molecule has 280 valence electrons. The molecule has 54 heavy (non-hydrogen) atoms. The molecule has 2 aromatic carbocycles. The highest BCUT2D eigenvalue weighted by Crippen LogP contribution is 2.28. The molecule has 0 radical (unpaired) electrons. The van der Waals surface area contributed by atoms with Gasteiger partial charge in [-0.3, -0.25) is 18.4 Å². The maximum atomic E-state index is 13.8. The summed E-state index contributed by atoms with van der Waals surface area (Å²) < 4.78 is 54.0. The van der Waals surface area contributed by atoms with Crippen molar-refractivity contribution in [2.45, 2.75) is 13.0 Å². The fraction of sp³-hybridized carbons (Fsp3) is 0.282. The van der Waals surface area contributed by atoms with E-state index < -0.39 is 17.5 Å². The van der Waals surface area contributed by atoms with E-state index in [2.05, 4.69) is 37.3 Å². The van der Waals surface area contributed by atoms with Gasteiger partial charge < -0.3 is 29.9 Å². The summed E-state index contributed by atoms with van der Waals surface area (Å²) >= 11 is 0. The molecule has 0 spiro atoms. The molecule has 4 aromatic heterocycles. The highest BCUT2D eigenvalue weighted by atomic mass is 19.2.